The highest BCUT2D eigenvalue weighted by molar-refractivity contribution is 9.10. The van der Waals surface area contributed by atoms with Crippen molar-refractivity contribution in [2.75, 3.05) is 55.7 Å². The van der Waals surface area contributed by atoms with Crippen LogP contribution >= 0.6 is 23.1 Å². The van der Waals surface area contributed by atoms with E-state index in [1.807, 2.05) is 4.90 Å². The molecule has 0 amide bonds. The Morgan fingerprint density at radius 3 is 2.56 bits per heavy atom. The zero-order chi connectivity index (χ0) is 30.9. The molecule has 1 aliphatic rings. The Bertz CT molecular complexity index is 1750. The molecule has 0 spiro atoms. The lowest BCUT2D eigenvalue weighted by atomic mass is 9.97. The number of nitro groups is 1. The fourth-order valence-corrected chi connectivity index (χ4v) is 6.94. The summed E-state index contributed by atoms with van der Waals surface area (Å²) in [4.78, 5) is 26.5. The lowest BCUT2D eigenvalue weighted by molar-refractivity contribution is -0.384. The number of nitrogens with zero attached hydrogens (tertiary/aromatic N) is 5. The number of nitro benzene ring substituents is 1. The van der Waals surface area contributed by atoms with E-state index in [2.05, 4.69) is 41.5 Å². The van der Waals surface area contributed by atoms with Crippen LogP contribution in [0.5, 0.6) is 5.75 Å². The van der Waals surface area contributed by atoms with Crippen molar-refractivity contribution < 1.29 is 23.7 Å². The Morgan fingerprint density at radius 2 is 1.91 bits per heavy atom. The first-order valence-electron chi connectivity index (χ1n) is 13.4. The van der Waals surface area contributed by atoms with Crippen molar-refractivity contribution in [3.63, 3.8) is 0 Å². The third-order valence-electron chi connectivity index (χ3n) is 7.29. The van der Waals surface area contributed by atoms with Gasteiger partial charge < -0.3 is 29.9 Å². The van der Waals surface area contributed by atoms with Gasteiger partial charge in [0, 0.05) is 48.7 Å². The highest BCUT2D eigenvalue weighted by Crippen LogP contribution is 2.43. The molecule has 3 N–H and O–H groups in total. The number of hydrogen-bond donors (Lipinski definition) is 3. The smallest absolute Gasteiger partial charge is 0.294 e. The average molecular weight is 674 g/mol. The van der Waals surface area contributed by atoms with Gasteiger partial charge in [-0.15, -0.1) is 0 Å². The molecule has 0 unspecified atom stereocenters. The summed E-state index contributed by atoms with van der Waals surface area (Å²) >= 11 is 3.44. The van der Waals surface area contributed by atoms with E-state index in [0.29, 0.717) is 56.7 Å². The molecule has 15 heteroatoms. The Hall–Kier alpha value is -3.87. The molecule has 2 aromatic carbocycles. The minimum Gasteiger partial charge on any atom is -0.494 e. The molecule has 0 saturated carbocycles. The van der Waals surface area contributed by atoms with Gasteiger partial charge in [0.15, 0.2) is 0 Å². The molecule has 0 radical (unpaired) electrons. The molecule has 1 saturated heterocycles. The van der Waals surface area contributed by atoms with Crippen LogP contribution in [0.25, 0.3) is 10.9 Å². The topological polar surface area (TPSA) is 156 Å². The number of rotatable bonds is 9. The lowest BCUT2D eigenvalue weighted by Crippen LogP contribution is -2.35. The van der Waals surface area contributed by atoms with Crippen LogP contribution in [0.2, 0.25) is 0 Å². The van der Waals surface area contributed by atoms with Crippen molar-refractivity contribution in [1.29, 1.82) is 0 Å². The number of aliphatic hydroxyl groups is 1. The number of halogens is 2. The number of pyridine rings is 1. The van der Waals surface area contributed by atoms with Crippen LogP contribution in [-0.2, 0) is 4.57 Å². The minimum atomic E-state index is -2.93. The van der Waals surface area contributed by atoms with E-state index in [1.165, 1.54) is 25.4 Å². The number of hydrogen-bond acceptors (Lipinski definition) is 11. The summed E-state index contributed by atoms with van der Waals surface area (Å²) in [5.74, 6) is 0.419. The van der Waals surface area contributed by atoms with Crippen LogP contribution in [0.3, 0.4) is 0 Å². The van der Waals surface area contributed by atoms with E-state index in [1.54, 1.807) is 31.5 Å². The first kappa shape index (κ1) is 30.6. The molecule has 226 valence electrons. The van der Waals surface area contributed by atoms with Gasteiger partial charge in [-0.1, -0.05) is 0 Å². The standard InChI is InChI=1S/C28H30BrFN7O5P/c1-42-25-12-23(36-8-6-16(15-38)7-9-36)24(37(39)40)11-22(25)34-28-32-14-19(29)27(35-28)33-21-5-4-20-18(10-17(30)13-31-20)26(21)43(2,3)41/h4-5,10-14,16,38H,6-9,15H2,1-3H3,(H2,32,33,34,35). The first-order valence-corrected chi connectivity index (χ1v) is 16.8. The monoisotopic (exact) mass is 673 g/mol. The summed E-state index contributed by atoms with van der Waals surface area (Å²) in [6, 6.07) is 7.72. The van der Waals surface area contributed by atoms with Crippen molar-refractivity contribution in [3.8, 4) is 5.75 Å². The third-order valence-corrected chi connectivity index (χ3v) is 9.43. The number of benzene rings is 2. The van der Waals surface area contributed by atoms with Crippen molar-refractivity contribution in [2.24, 2.45) is 5.92 Å². The fraction of sp³-hybridized carbons (Fsp3) is 0.321. The zero-order valence-corrected chi connectivity index (χ0v) is 26.2. The molecular formula is C28H30BrFN7O5P. The molecule has 2 aromatic heterocycles. The minimum absolute atomic E-state index is 0.0975. The highest BCUT2D eigenvalue weighted by Gasteiger charge is 2.27. The third kappa shape index (κ3) is 6.56. The van der Waals surface area contributed by atoms with Gasteiger partial charge in [-0.2, -0.15) is 4.98 Å². The van der Waals surface area contributed by atoms with Gasteiger partial charge in [-0.3, -0.25) is 15.1 Å². The number of aliphatic hydroxyl groups excluding tert-OH is 1. The fourth-order valence-electron chi connectivity index (χ4n) is 5.18. The van der Waals surface area contributed by atoms with E-state index >= 15 is 0 Å². The molecule has 5 rings (SSSR count). The van der Waals surface area contributed by atoms with Crippen LogP contribution < -0.4 is 25.6 Å². The van der Waals surface area contributed by atoms with Crippen LogP contribution in [0.15, 0.2) is 47.2 Å². The molecule has 0 bridgehead atoms. The molecule has 0 aliphatic carbocycles. The number of aromatic nitrogens is 3. The zero-order valence-electron chi connectivity index (χ0n) is 23.7. The van der Waals surface area contributed by atoms with Gasteiger partial charge in [0.25, 0.3) is 5.69 Å². The summed E-state index contributed by atoms with van der Waals surface area (Å²) in [6.07, 6.45) is 4.07. The molecule has 1 aliphatic heterocycles. The highest BCUT2D eigenvalue weighted by atomic mass is 79.9. The predicted molar refractivity (Wildman–Crippen MR) is 169 cm³/mol. The van der Waals surface area contributed by atoms with E-state index in [0.717, 1.165) is 19.0 Å². The number of anilines is 5. The normalized spacial score (nSPS) is 14.1. The number of nitrogens with one attached hydrogen (secondary N) is 2. The number of fused-ring (bicyclic) bond motifs is 1. The largest absolute Gasteiger partial charge is 0.494 e. The van der Waals surface area contributed by atoms with Crippen LogP contribution in [-0.4, -0.2) is 65.1 Å². The number of piperidine rings is 1. The van der Waals surface area contributed by atoms with Gasteiger partial charge in [-0.25, -0.2) is 9.37 Å². The van der Waals surface area contributed by atoms with Crippen LogP contribution in [0.1, 0.15) is 12.8 Å². The maximum atomic E-state index is 14.1. The van der Waals surface area contributed by atoms with E-state index in [-0.39, 0.29) is 29.8 Å². The molecule has 3 heterocycles. The summed E-state index contributed by atoms with van der Waals surface area (Å²) in [5.41, 5.74) is 1.58. The predicted octanol–water partition coefficient (Wildman–Crippen LogP) is 5.79. The first-order chi connectivity index (χ1) is 20.5. The maximum absolute atomic E-state index is 14.1. The Kier molecular flexibility index (Phi) is 8.81. The Morgan fingerprint density at radius 1 is 1.16 bits per heavy atom. The molecule has 43 heavy (non-hydrogen) atoms. The summed E-state index contributed by atoms with van der Waals surface area (Å²) in [5, 5.41) is 28.6. The van der Waals surface area contributed by atoms with E-state index in [4.69, 9.17) is 4.74 Å². The van der Waals surface area contributed by atoms with Gasteiger partial charge in [0.2, 0.25) is 5.95 Å². The molecular weight excluding hydrogens is 644 g/mol. The van der Waals surface area contributed by atoms with Crippen molar-refractivity contribution in [2.45, 2.75) is 12.8 Å². The van der Waals surface area contributed by atoms with Gasteiger partial charge >= 0.3 is 0 Å². The van der Waals surface area contributed by atoms with Crippen molar-refractivity contribution in [3.05, 3.63) is 63.1 Å². The van der Waals surface area contributed by atoms with E-state index in [9.17, 15) is 24.2 Å². The average Bonchev–Trinajstić information content (AvgIpc) is 2.97. The maximum Gasteiger partial charge on any atom is 0.294 e. The van der Waals surface area contributed by atoms with Crippen molar-refractivity contribution in [1.82, 2.24) is 15.0 Å². The second-order valence-corrected chi connectivity index (χ2v) is 14.6. The van der Waals surface area contributed by atoms with E-state index < -0.39 is 17.9 Å². The summed E-state index contributed by atoms with van der Waals surface area (Å²) in [7, 11) is -1.46. The van der Waals surface area contributed by atoms with Gasteiger partial charge in [0.1, 0.15) is 30.2 Å². The molecule has 1 fully saturated rings. The van der Waals surface area contributed by atoms with Gasteiger partial charge in [-0.05, 0) is 66.2 Å². The Labute approximate surface area is 255 Å². The van der Waals surface area contributed by atoms with Crippen LogP contribution in [0.4, 0.5) is 38.9 Å². The summed E-state index contributed by atoms with van der Waals surface area (Å²) in [6.45, 7) is 4.44. The molecule has 0 atom stereocenters. The van der Waals surface area contributed by atoms with Gasteiger partial charge in [0.05, 0.1) is 39.6 Å². The quantitative estimate of drug-likeness (QED) is 0.112. The number of ether oxygens (including phenoxy) is 1. The summed E-state index contributed by atoms with van der Waals surface area (Å²) < 4.78 is 33.5. The molecule has 12 nitrogen and oxygen atoms in total. The molecule has 4 aromatic rings. The Balaban J connectivity index is 1.49. The van der Waals surface area contributed by atoms with Crippen LogP contribution in [0, 0.1) is 21.8 Å². The second-order valence-electron chi connectivity index (χ2n) is 10.6. The van der Waals surface area contributed by atoms with Crippen molar-refractivity contribution >= 4 is 73.8 Å². The lowest BCUT2D eigenvalue weighted by Gasteiger charge is -2.32. The SMILES string of the molecule is COc1cc(N2CCC(CO)CC2)c([N+](=O)[O-])cc1Nc1ncc(Br)c(Nc2ccc3ncc(F)cc3c2P(C)(C)=O)n1. The number of methoxy groups -OCH3 is 1. The second kappa shape index (κ2) is 12.4.